The predicted octanol–water partition coefficient (Wildman–Crippen LogP) is 4.41. The summed E-state index contributed by atoms with van der Waals surface area (Å²) in [6, 6.07) is 14.2. The number of H-pyrrole nitrogens is 1. The average Bonchev–Trinajstić information content (AvgIpc) is 3.12. The summed E-state index contributed by atoms with van der Waals surface area (Å²) in [6.45, 7) is 4.17. The van der Waals surface area contributed by atoms with Crippen molar-refractivity contribution in [2.24, 2.45) is 11.7 Å². The Bertz CT molecular complexity index is 914. The standard InChI is InChI=1S/C21H23N3O.C2H6S/c22-21(25)19-11-16(15-6-2-1-3-7-15)10-18-17(13-24-20(18)19)9-14-5-4-8-23-12-14;1-2-3/h1-3,6-7,10-11,13-14,23-24H,4-5,8-9,12H2,(H2,22,25);3H,2H2,1H3. The highest BCUT2D eigenvalue weighted by Gasteiger charge is 2.18. The van der Waals surface area contributed by atoms with Crippen LogP contribution in [-0.4, -0.2) is 29.7 Å². The van der Waals surface area contributed by atoms with E-state index in [0.29, 0.717) is 11.5 Å². The lowest BCUT2D eigenvalue weighted by atomic mass is 9.91. The van der Waals surface area contributed by atoms with Gasteiger partial charge < -0.3 is 16.0 Å². The summed E-state index contributed by atoms with van der Waals surface area (Å²) in [5, 5.41) is 4.59. The summed E-state index contributed by atoms with van der Waals surface area (Å²) in [5.74, 6) is 1.20. The van der Waals surface area contributed by atoms with Gasteiger partial charge in [-0.05, 0) is 72.8 Å². The molecule has 1 saturated heterocycles. The van der Waals surface area contributed by atoms with Gasteiger partial charge in [0.05, 0.1) is 11.1 Å². The largest absolute Gasteiger partial charge is 0.366 e. The number of hydrogen-bond acceptors (Lipinski definition) is 3. The van der Waals surface area contributed by atoms with E-state index in [2.05, 4.69) is 41.1 Å². The maximum absolute atomic E-state index is 12.0. The third-order valence-corrected chi connectivity index (χ3v) is 5.16. The Hall–Kier alpha value is -2.24. The number of nitrogens with two attached hydrogens (primary N) is 1. The molecule has 1 unspecified atom stereocenters. The topological polar surface area (TPSA) is 70.9 Å². The lowest BCUT2D eigenvalue weighted by Crippen LogP contribution is -2.30. The molecule has 1 aliphatic rings. The number of amides is 1. The van der Waals surface area contributed by atoms with Crippen molar-refractivity contribution in [3.8, 4) is 11.1 Å². The molecule has 0 aliphatic carbocycles. The van der Waals surface area contributed by atoms with Crippen LogP contribution >= 0.6 is 12.6 Å². The monoisotopic (exact) mass is 395 g/mol. The van der Waals surface area contributed by atoms with Crippen LogP contribution in [-0.2, 0) is 6.42 Å². The first-order chi connectivity index (χ1) is 13.6. The minimum absolute atomic E-state index is 0.393. The summed E-state index contributed by atoms with van der Waals surface area (Å²) < 4.78 is 0. The van der Waals surface area contributed by atoms with Gasteiger partial charge in [-0.15, -0.1) is 0 Å². The molecule has 3 aromatic rings. The predicted molar refractivity (Wildman–Crippen MR) is 121 cm³/mol. The molecular formula is C23H29N3OS. The first-order valence-corrected chi connectivity index (χ1v) is 10.6. The number of rotatable bonds is 4. The minimum Gasteiger partial charge on any atom is -0.366 e. The Morgan fingerprint density at radius 3 is 2.61 bits per heavy atom. The van der Waals surface area contributed by atoms with E-state index in [-0.39, 0.29) is 0 Å². The number of carbonyl (C=O) groups is 1. The number of aromatic nitrogens is 1. The van der Waals surface area contributed by atoms with Crippen LogP contribution in [0.15, 0.2) is 48.7 Å². The van der Waals surface area contributed by atoms with E-state index in [4.69, 9.17) is 5.73 Å². The molecule has 1 aliphatic heterocycles. The van der Waals surface area contributed by atoms with Crippen LogP contribution in [0.4, 0.5) is 0 Å². The van der Waals surface area contributed by atoms with Crippen LogP contribution in [0.2, 0.25) is 0 Å². The van der Waals surface area contributed by atoms with Gasteiger partial charge >= 0.3 is 0 Å². The molecule has 0 radical (unpaired) electrons. The molecule has 1 amide bonds. The van der Waals surface area contributed by atoms with E-state index in [1.165, 1.54) is 18.4 Å². The van der Waals surface area contributed by atoms with Crippen molar-refractivity contribution < 1.29 is 4.79 Å². The number of fused-ring (bicyclic) bond motifs is 1. The molecule has 4 N–H and O–H groups in total. The summed E-state index contributed by atoms with van der Waals surface area (Å²) >= 11 is 3.79. The number of thiol groups is 1. The Kier molecular flexibility index (Phi) is 7.18. The van der Waals surface area contributed by atoms with Crippen molar-refractivity contribution in [3.63, 3.8) is 0 Å². The normalized spacial score (nSPS) is 16.4. The molecule has 4 nitrogen and oxygen atoms in total. The van der Waals surface area contributed by atoms with Gasteiger partial charge in [0.25, 0.3) is 5.91 Å². The van der Waals surface area contributed by atoms with E-state index in [9.17, 15) is 4.79 Å². The number of aromatic amines is 1. The molecule has 2 heterocycles. The van der Waals surface area contributed by atoms with Crippen molar-refractivity contribution >= 4 is 29.4 Å². The molecule has 148 valence electrons. The molecule has 1 fully saturated rings. The molecule has 0 bridgehead atoms. The lowest BCUT2D eigenvalue weighted by molar-refractivity contribution is 0.100. The number of hydrogen-bond donors (Lipinski definition) is 4. The van der Waals surface area contributed by atoms with Crippen molar-refractivity contribution in [1.29, 1.82) is 0 Å². The molecule has 1 aromatic heterocycles. The van der Waals surface area contributed by atoms with E-state index < -0.39 is 5.91 Å². The van der Waals surface area contributed by atoms with Gasteiger partial charge in [0.1, 0.15) is 0 Å². The lowest BCUT2D eigenvalue weighted by Gasteiger charge is -2.22. The highest BCUT2D eigenvalue weighted by molar-refractivity contribution is 7.80. The van der Waals surface area contributed by atoms with Gasteiger partial charge in [-0.25, -0.2) is 0 Å². The second kappa shape index (κ2) is 9.80. The van der Waals surface area contributed by atoms with Crippen LogP contribution in [0.5, 0.6) is 0 Å². The zero-order chi connectivity index (χ0) is 19.9. The summed E-state index contributed by atoms with van der Waals surface area (Å²) in [6.07, 6.45) is 5.54. The van der Waals surface area contributed by atoms with Gasteiger partial charge in [0, 0.05) is 11.6 Å². The van der Waals surface area contributed by atoms with Gasteiger partial charge in [-0.2, -0.15) is 12.6 Å². The Balaban J connectivity index is 0.000000706. The molecular weight excluding hydrogens is 366 g/mol. The number of primary amides is 1. The smallest absolute Gasteiger partial charge is 0.250 e. The quantitative estimate of drug-likeness (QED) is 0.494. The number of piperidine rings is 1. The van der Waals surface area contributed by atoms with E-state index in [1.807, 2.05) is 37.4 Å². The highest BCUT2D eigenvalue weighted by Crippen LogP contribution is 2.31. The van der Waals surface area contributed by atoms with Gasteiger partial charge in [0.2, 0.25) is 0 Å². The molecule has 1 atom stereocenters. The fourth-order valence-corrected chi connectivity index (χ4v) is 3.86. The van der Waals surface area contributed by atoms with E-state index in [1.54, 1.807) is 0 Å². The fourth-order valence-electron chi connectivity index (χ4n) is 3.86. The Morgan fingerprint density at radius 2 is 1.96 bits per heavy atom. The van der Waals surface area contributed by atoms with Gasteiger partial charge in [0.15, 0.2) is 0 Å². The fraction of sp³-hybridized carbons (Fsp3) is 0.348. The van der Waals surface area contributed by atoms with E-state index >= 15 is 0 Å². The average molecular weight is 396 g/mol. The van der Waals surface area contributed by atoms with Crippen LogP contribution in [0.3, 0.4) is 0 Å². The van der Waals surface area contributed by atoms with E-state index in [0.717, 1.165) is 47.3 Å². The second-order valence-corrected chi connectivity index (χ2v) is 7.86. The first kappa shape index (κ1) is 20.5. The maximum atomic E-state index is 12.0. The zero-order valence-corrected chi connectivity index (χ0v) is 17.3. The third kappa shape index (κ3) is 4.78. The second-order valence-electron chi connectivity index (χ2n) is 7.22. The molecule has 28 heavy (non-hydrogen) atoms. The highest BCUT2D eigenvalue weighted by atomic mass is 32.1. The number of nitrogens with one attached hydrogen (secondary N) is 2. The molecule has 4 rings (SSSR count). The number of benzene rings is 2. The molecule has 0 spiro atoms. The zero-order valence-electron chi connectivity index (χ0n) is 16.4. The van der Waals surface area contributed by atoms with Crippen molar-refractivity contribution in [3.05, 3.63) is 59.8 Å². The number of carbonyl (C=O) groups excluding carboxylic acids is 1. The molecule has 5 heteroatoms. The van der Waals surface area contributed by atoms with Crippen molar-refractivity contribution in [2.75, 3.05) is 18.8 Å². The van der Waals surface area contributed by atoms with Gasteiger partial charge in [-0.1, -0.05) is 37.3 Å². The molecule has 2 aromatic carbocycles. The summed E-state index contributed by atoms with van der Waals surface area (Å²) in [4.78, 5) is 15.3. The SMILES string of the molecule is CCS.NC(=O)c1cc(-c2ccccc2)cc2c(CC3CCCNC3)c[nH]c12. The van der Waals surface area contributed by atoms with Crippen molar-refractivity contribution in [2.45, 2.75) is 26.2 Å². The van der Waals surface area contributed by atoms with Gasteiger partial charge in [-0.3, -0.25) is 4.79 Å². The first-order valence-electron chi connectivity index (χ1n) is 9.94. The molecule has 0 saturated carbocycles. The maximum Gasteiger partial charge on any atom is 0.250 e. The van der Waals surface area contributed by atoms with Crippen LogP contribution in [0.1, 0.15) is 35.7 Å². The van der Waals surface area contributed by atoms with Crippen LogP contribution in [0, 0.1) is 5.92 Å². The minimum atomic E-state index is -0.393. The summed E-state index contributed by atoms with van der Waals surface area (Å²) in [5.41, 5.74) is 10.5. The Morgan fingerprint density at radius 1 is 1.21 bits per heavy atom. The summed E-state index contributed by atoms with van der Waals surface area (Å²) in [7, 11) is 0. The third-order valence-electron chi connectivity index (χ3n) is 5.16. The van der Waals surface area contributed by atoms with Crippen molar-refractivity contribution in [1.82, 2.24) is 10.3 Å². The van der Waals surface area contributed by atoms with Crippen LogP contribution in [0.25, 0.3) is 22.0 Å². The Labute approximate surface area is 172 Å². The van der Waals surface area contributed by atoms with Crippen LogP contribution < -0.4 is 11.1 Å².